The van der Waals surface area contributed by atoms with Crippen LogP contribution in [-0.4, -0.2) is 74.6 Å². The van der Waals surface area contributed by atoms with Gasteiger partial charge in [0.2, 0.25) is 10.0 Å². The highest BCUT2D eigenvalue weighted by molar-refractivity contribution is 7.89. The zero-order chi connectivity index (χ0) is 16.6. The Balaban J connectivity index is 1.88. The predicted molar refractivity (Wildman–Crippen MR) is 82.9 cm³/mol. The number of ether oxygens (including phenoxy) is 1. The van der Waals surface area contributed by atoms with Crippen molar-refractivity contribution in [3.8, 4) is 0 Å². The monoisotopic (exact) mass is 340 g/mol. The van der Waals surface area contributed by atoms with E-state index in [9.17, 15) is 13.2 Å². The van der Waals surface area contributed by atoms with Crippen molar-refractivity contribution in [2.24, 2.45) is 5.92 Å². The van der Waals surface area contributed by atoms with Crippen molar-refractivity contribution >= 4 is 16.0 Å². The standard InChI is InChI=1S/C15H20N2O5S/c1-16-6-11-7-17(8-13(16)10-22-9-11)23(20,21)14-4-2-12(3-5-14)15(18)19/h2-5,11,13H,6-10H2,1H3,(H,18,19)/t11-,13+/m1/s1. The van der Waals surface area contributed by atoms with Crippen LogP contribution in [0.2, 0.25) is 0 Å². The second kappa shape index (κ2) is 6.20. The number of fused-ring (bicyclic) bond motifs is 3. The molecule has 23 heavy (non-hydrogen) atoms. The first-order valence-corrected chi connectivity index (χ1v) is 8.93. The SMILES string of the molecule is CN1C[C@H]2COC[C@@H]1CN(S(=O)(=O)c1ccc(C(=O)O)cc1)C2. The molecule has 7 nitrogen and oxygen atoms in total. The van der Waals surface area contributed by atoms with Gasteiger partial charge in [0.15, 0.2) is 0 Å². The van der Waals surface area contributed by atoms with E-state index in [1.54, 1.807) is 0 Å². The van der Waals surface area contributed by atoms with Crippen molar-refractivity contribution in [1.29, 1.82) is 0 Å². The lowest BCUT2D eigenvalue weighted by molar-refractivity contribution is 0.0696. The Morgan fingerprint density at radius 3 is 2.52 bits per heavy atom. The van der Waals surface area contributed by atoms with Crippen LogP contribution in [0.5, 0.6) is 0 Å². The summed E-state index contributed by atoms with van der Waals surface area (Å²) in [6.45, 7) is 2.70. The molecule has 2 saturated heterocycles. The number of hydrogen-bond acceptors (Lipinski definition) is 5. The molecule has 0 saturated carbocycles. The van der Waals surface area contributed by atoms with Gasteiger partial charge in [0.25, 0.3) is 0 Å². The number of carboxylic acid groups (broad SMARTS) is 1. The molecule has 1 aromatic carbocycles. The predicted octanol–water partition coefficient (Wildman–Crippen LogP) is 0.336. The van der Waals surface area contributed by atoms with E-state index >= 15 is 0 Å². The molecule has 3 rings (SSSR count). The van der Waals surface area contributed by atoms with Crippen LogP contribution in [0.1, 0.15) is 10.4 Å². The van der Waals surface area contributed by atoms with Gasteiger partial charge in [-0.2, -0.15) is 4.31 Å². The molecular formula is C15H20N2O5S. The Morgan fingerprint density at radius 1 is 1.17 bits per heavy atom. The second-order valence-corrected chi connectivity index (χ2v) is 8.09. The average molecular weight is 340 g/mol. The molecule has 0 unspecified atom stereocenters. The van der Waals surface area contributed by atoms with E-state index in [2.05, 4.69) is 4.90 Å². The summed E-state index contributed by atoms with van der Waals surface area (Å²) in [6.07, 6.45) is 0. The van der Waals surface area contributed by atoms with Gasteiger partial charge >= 0.3 is 5.97 Å². The number of aromatic carboxylic acids is 1. The first kappa shape index (κ1) is 16.4. The lowest BCUT2D eigenvalue weighted by Crippen LogP contribution is -2.44. The highest BCUT2D eigenvalue weighted by Gasteiger charge is 2.37. The van der Waals surface area contributed by atoms with Crippen LogP contribution < -0.4 is 0 Å². The third-order valence-electron chi connectivity index (χ3n) is 4.45. The molecule has 0 amide bonds. The van der Waals surface area contributed by atoms with E-state index in [-0.39, 0.29) is 22.4 Å². The molecule has 0 aliphatic carbocycles. The van der Waals surface area contributed by atoms with Crippen LogP contribution in [0.4, 0.5) is 0 Å². The van der Waals surface area contributed by atoms with Crippen molar-refractivity contribution in [1.82, 2.24) is 9.21 Å². The number of carbonyl (C=O) groups is 1. The Morgan fingerprint density at radius 2 is 1.87 bits per heavy atom. The third-order valence-corrected chi connectivity index (χ3v) is 6.29. The molecule has 1 aromatic rings. The lowest BCUT2D eigenvalue weighted by atomic mass is 10.1. The molecule has 8 heteroatoms. The van der Waals surface area contributed by atoms with Gasteiger partial charge in [-0.15, -0.1) is 0 Å². The van der Waals surface area contributed by atoms with Gasteiger partial charge in [0.1, 0.15) is 0 Å². The Hall–Kier alpha value is -1.48. The van der Waals surface area contributed by atoms with E-state index in [1.165, 1.54) is 28.6 Å². The van der Waals surface area contributed by atoms with Crippen molar-refractivity contribution < 1.29 is 23.1 Å². The number of likely N-dealkylation sites (N-methyl/N-ethyl adjacent to an activating group) is 1. The van der Waals surface area contributed by atoms with Gasteiger partial charge in [0, 0.05) is 31.6 Å². The fourth-order valence-electron chi connectivity index (χ4n) is 3.12. The maximum absolute atomic E-state index is 12.9. The Labute approximate surface area is 135 Å². The molecule has 1 N–H and O–H groups in total. The lowest BCUT2D eigenvalue weighted by Gasteiger charge is -2.29. The van der Waals surface area contributed by atoms with E-state index in [4.69, 9.17) is 9.84 Å². The van der Waals surface area contributed by atoms with Crippen LogP contribution in [0.15, 0.2) is 29.2 Å². The van der Waals surface area contributed by atoms with Crippen LogP contribution in [0.3, 0.4) is 0 Å². The van der Waals surface area contributed by atoms with Crippen LogP contribution in [0.25, 0.3) is 0 Å². The molecule has 0 aromatic heterocycles. The first-order valence-electron chi connectivity index (χ1n) is 7.49. The summed E-state index contributed by atoms with van der Waals surface area (Å²) < 4.78 is 32.9. The van der Waals surface area contributed by atoms with Crippen molar-refractivity contribution in [3.63, 3.8) is 0 Å². The number of nitrogens with zero attached hydrogens (tertiary/aromatic N) is 2. The van der Waals surface area contributed by atoms with Gasteiger partial charge < -0.3 is 9.84 Å². The van der Waals surface area contributed by atoms with Crippen molar-refractivity contribution in [3.05, 3.63) is 29.8 Å². The normalized spacial score (nSPS) is 26.7. The maximum atomic E-state index is 12.9. The first-order chi connectivity index (χ1) is 10.9. The highest BCUT2D eigenvalue weighted by atomic mass is 32.2. The highest BCUT2D eigenvalue weighted by Crippen LogP contribution is 2.24. The summed E-state index contributed by atoms with van der Waals surface area (Å²) in [4.78, 5) is 13.2. The third kappa shape index (κ3) is 3.25. The van der Waals surface area contributed by atoms with Crippen LogP contribution >= 0.6 is 0 Å². The minimum absolute atomic E-state index is 0.0376. The van der Waals surface area contributed by atoms with Gasteiger partial charge in [-0.05, 0) is 31.3 Å². The molecule has 2 atom stereocenters. The minimum atomic E-state index is -3.64. The summed E-state index contributed by atoms with van der Waals surface area (Å²) in [7, 11) is -1.64. The summed E-state index contributed by atoms with van der Waals surface area (Å²) in [6, 6.07) is 5.40. The minimum Gasteiger partial charge on any atom is -0.478 e. The molecule has 2 aliphatic rings. The molecule has 2 heterocycles. The fraction of sp³-hybridized carbons (Fsp3) is 0.533. The van der Waals surface area contributed by atoms with E-state index in [0.29, 0.717) is 26.3 Å². The largest absolute Gasteiger partial charge is 0.478 e. The number of rotatable bonds is 3. The topological polar surface area (TPSA) is 87.2 Å². The smallest absolute Gasteiger partial charge is 0.335 e. The van der Waals surface area contributed by atoms with Crippen LogP contribution in [-0.2, 0) is 14.8 Å². The Kier molecular flexibility index (Phi) is 4.41. The number of carboxylic acids is 1. The van der Waals surface area contributed by atoms with Gasteiger partial charge in [0.05, 0.1) is 23.7 Å². The fourth-order valence-corrected chi connectivity index (χ4v) is 4.68. The van der Waals surface area contributed by atoms with Crippen LogP contribution in [0, 0.1) is 5.92 Å². The molecule has 2 aliphatic heterocycles. The molecule has 2 bridgehead atoms. The quantitative estimate of drug-likeness (QED) is 0.854. The van der Waals surface area contributed by atoms with Gasteiger partial charge in [-0.25, -0.2) is 13.2 Å². The average Bonchev–Trinajstić information content (AvgIpc) is 2.76. The number of hydrogen-bond donors (Lipinski definition) is 1. The number of benzene rings is 1. The van der Waals surface area contributed by atoms with E-state index in [0.717, 1.165) is 6.54 Å². The summed E-state index contributed by atoms with van der Waals surface area (Å²) in [5, 5.41) is 8.92. The maximum Gasteiger partial charge on any atom is 0.335 e. The summed E-state index contributed by atoms with van der Waals surface area (Å²) in [5.74, 6) is -0.933. The molecule has 2 fully saturated rings. The zero-order valence-corrected chi connectivity index (χ0v) is 13.7. The molecule has 126 valence electrons. The zero-order valence-electron chi connectivity index (χ0n) is 12.9. The summed E-state index contributed by atoms with van der Waals surface area (Å²) >= 11 is 0. The second-order valence-electron chi connectivity index (χ2n) is 6.15. The van der Waals surface area contributed by atoms with Crippen molar-refractivity contribution in [2.45, 2.75) is 10.9 Å². The van der Waals surface area contributed by atoms with Gasteiger partial charge in [-0.3, -0.25) is 4.90 Å². The molecule has 0 radical (unpaired) electrons. The number of sulfonamides is 1. The Bertz CT molecular complexity index is 688. The molecular weight excluding hydrogens is 320 g/mol. The van der Waals surface area contributed by atoms with E-state index in [1.807, 2.05) is 7.05 Å². The summed E-state index contributed by atoms with van der Waals surface area (Å²) in [5.41, 5.74) is 0.0739. The molecule has 0 spiro atoms. The van der Waals surface area contributed by atoms with Crippen molar-refractivity contribution in [2.75, 3.05) is 39.9 Å². The van der Waals surface area contributed by atoms with Gasteiger partial charge in [-0.1, -0.05) is 0 Å². The van der Waals surface area contributed by atoms with E-state index < -0.39 is 16.0 Å².